The van der Waals surface area contributed by atoms with Crippen LogP contribution in [0.3, 0.4) is 0 Å². The van der Waals surface area contributed by atoms with E-state index in [4.69, 9.17) is 16.3 Å². The lowest BCUT2D eigenvalue weighted by Gasteiger charge is -2.28. The lowest BCUT2D eigenvalue weighted by Crippen LogP contribution is -2.30. The molecule has 0 spiro atoms. The zero-order valence-corrected chi connectivity index (χ0v) is 9.83. The number of para-hydroxylation sites is 1. The number of hydrogen-bond donors (Lipinski definition) is 1. The molecule has 0 aromatic heterocycles. The molecule has 5 heteroatoms. The monoisotopic (exact) mass is 262 g/mol. The third-order valence-electron chi connectivity index (χ3n) is 2.97. The van der Waals surface area contributed by atoms with Crippen LogP contribution in [0.5, 0.6) is 5.75 Å². The van der Waals surface area contributed by atoms with Crippen molar-refractivity contribution in [2.45, 2.75) is 30.2 Å². The first-order valence-electron chi connectivity index (χ1n) is 5.45. The highest BCUT2D eigenvalue weighted by Crippen LogP contribution is 2.39. The van der Waals surface area contributed by atoms with Gasteiger partial charge in [0, 0.05) is 0 Å². The van der Waals surface area contributed by atoms with Gasteiger partial charge in [0.1, 0.15) is 11.9 Å². The van der Waals surface area contributed by atoms with Crippen LogP contribution in [0.25, 0.3) is 0 Å². The van der Waals surface area contributed by atoms with Crippen LogP contribution in [0.15, 0.2) is 24.3 Å². The van der Waals surface area contributed by atoms with Gasteiger partial charge in [0.05, 0.1) is 6.61 Å². The van der Waals surface area contributed by atoms with Crippen molar-refractivity contribution >= 4 is 11.6 Å². The molecular formula is C12H13ClF2O2. The number of alkyl halides is 3. The summed E-state index contributed by atoms with van der Waals surface area (Å²) < 4.78 is 30.9. The van der Waals surface area contributed by atoms with Crippen LogP contribution in [0.2, 0.25) is 0 Å². The van der Waals surface area contributed by atoms with Gasteiger partial charge in [0.2, 0.25) is 0 Å². The summed E-state index contributed by atoms with van der Waals surface area (Å²) in [6, 6.07) is 7.28. The van der Waals surface area contributed by atoms with Crippen molar-refractivity contribution in [3.05, 3.63) is 29.8 Å². The van der Waals surface area contributed by atoms with Crippen LogP contribution in [-0.2, 0) is 0 Å². The second-order valence-electron chi connectivity index (χ2n) is 4.16. The second kappa shape index (κ2) is 4.78. The molecular weight excluding hydrogens is 250 g/mol. The molecule has 2 unspecified atom stereocenters. The third-order valence-corrected chi connectivity index (χ3v) is 3.22. The number of halogens is 3. The number of ether oxygens (including phenoxy) is 1. The second-order valence-corrected chi connectivity index (χ2v) is 4.67. The first-order valence-corrected chi connectivity index (χ1v) is 5.83. The summed E-state index contributed by atoms with van der Waals surface area (Å²) in [4.78, 5) is 0. The van der Waals surface area contributed by atoms with Gasteiger partial charge in [-0.25, -0.2) is 0 Å². The molecule has 17 heavy (non-hydrogen) atoms. The van der Waals surface area contributed by atoms with Crippen molar-refractivity contribution in [2.24, 2.45) is 0 Å². The molecule has 1 aromatic rings. The Labute approximate surface area is 103 Å². The van der Waals surface area contributed by atoms with Gasteiger partial charge < -0.3 is 9.84 Å². The highest BCUT2D eigenvalue weighted by molar-refractivity contribution is 6.22. The molecule has 0 radical (unpaired) electrons. The van der Waals surface area contributed by atoms with Gasteiger partial charge in [-0.3, -0.25) is 0 Å². The summed E-state index contributed by atoms with van der Waals surface area (Å²) in [7, 11) is 0. The summed E-state index contributed by atoms with van der Waals surface area (Å²) in [5.41, 5.74) is 0.860. The van der Waals surface area contributed by atoms with Crippen molar-refractivity contribution in [3.8, 4) is 5.75 Å². The Kier molecular flexibility index (Phi) is 3.54. The summed E-state index contributed by atoms with van der Waals surface area (Å²) in [5, 5.41) is 5.76. The van der Waals surface area contributed by atoms with Gasteiger partial charge in [0.15, 0.2) is 0 Å². The summed E-state index contributed by atoms with van der Waals surface area (Å²) >= 11 is 4.82. The highest BCUT2D eigenvalue weighted by Gasteiger charge is 2.38. The lowest BCUT2D eigenvalue weighted by atomic mass is 9.88. The zero-order valence-electron chi connectivity index (χ0n) is 9.07. The van der Waals surface area contributed by atoms with Gasteiger partial charge in [-0.15, -0.1) is 0 Å². The fourth-order valence-corrected chi connectivity index (χ4v) is 2.15. The first-order chi connectivity index (χ1) is 7.98. The van der Waals surface area contributed by atoms with E-state index < -0.39 is 11.5 Å². The molecule has 2 nitrogen and oxygen atoms in total. The lowest BCUT2D eigenvalue weighted by molar-refractivity contribution is -0.0488. The van der Waals surface area contributed by atoms with Crippen LogP contribution in [-0.4, -0.2) is 23.2 Å². The molecule has 1 aliphatic heterocycles. The number of aliphatic hydroxyl groups is 1. The normalized spacial score (nSPS) is 21.5. The Hall–Kier alpha value is -0.870. The van der Waals surface area contributed by atoms with Crippen LogP contribution in [0, 0.1) is 0 Å². The molecule has 0 saturated carbocycles. The Morgan fingerprint density at radius 3 is 2.88 bits per heavy atom. The van der Waals surface area contributed by atoms with Crippen molar-refractivity contribution in [2.75, 3.05) is 6.61 Å². The smallest absolute Gasteiger partial charge is 0.347 e. The van der Waals surface area contributed by atoms with Gasteiger partial charge in [-0.1, -0.05) is 18.2 Å². The maximum atomic E-state index is 12.7. The zero-order chi connectivity index (χ0) is 12.5. The van der Waals surface area contributed by atoms with E-state index in [-0.39, 0.29) is 12.3 Å². The van der Waals surface area contributed by atoms with Crippen molar-refractivity contribution in [1.29, 1.82) is 0 Å². The first kappa shape index (κ1) is 12.6. The number of fused-ring (bicyclic) bond motifs is 1. The summed E-state index contributed by atoms with van der Waals surface area (Å²) in [6.07, 6.45) is -1.28. The van der Waals surface area contributed by atoms with E-state index in [0.29, 0.717) is 18.8 Å². The number of benzene rings is 1. The Bertz CT molecular complexity index is 392. The quantitative estimate of drug-likeness (QED) is 0.848. The fraction of sp³-hybridized carbons (Fsp3) is 0.500. The minimum Gasteiger partial charge on any atom is -0.493 e. The fourth-order valence-electron chi connectivity index (χ4n) is 2.06. The van der Waals surface area contributed by atoms with E-state index in [1.54, 1.807) is 6.07 Å². The Morgan fingerprint density at radius 1 is 1.47 bits per heavy atom. The molecule has 94 valence electrons. The SMILES string of the molecule is OC(CC1CCOc2ccccc21)C(F)(F)Cl. The molecule has 0 saturated heterocycles. The molecule has 1 N–H and O–H groups in total. The average Bonchev–Trinajstić information content (AvgIpc) is 2.28. The van der Waals surface area contributed by atoms with Gasteiger partial charge >= 0.3 is 5.38 Å². The van der Waals surface area contributed by atoms with Crippen molar-refractivity contribution < 1.29 is 18.6 Å². The van der Waals surface area contributed by atoms with E-state index in [9.17, 15) is 13.9 Å². The van der Waals surface area contributed by atoms with E-state index in [1.807, 2.05) is 18.2 Å². The maximum Gasteiger partial charge on any atom is 0.347 e. The minimum atomic E-state index is -3.58. The van der Waals surface area contributed by atoms with E-state index in [2.05, 4.69) is 0 Å². The van der Waals surface area contributed by atoms with Crippen molar-refractivity contribution in [3.63, 3.8) is 0 Å². The predicted octanol–water partition coefficient (Wildman–Crippen LogP) is 3.14. The van der Waals surface area contributed by atoms with Crippen molar-refractivity contribution in [1.82, 2.24) is 0 Å². The molecule has 0 amide bonds. The molecule has 0 aliphatic carbocycles. The molecule has 0 fully saturated rings. The van der Waals surface area contributed by atoms with Gasteiger partial charge in [-0.2, -0.15) is 8.78 Å². The Morgan fingerprint density at radius 2 is 2.18 bits per heavy atom. The average molecular weight is 263 g/mol. The standard InChI is InChI=1S/C12H13ClF2O2/c13-12(14,15)11(16)7-8-5-6-17-10-4-2-1-3-9(8)10/h1-4,8,11,16H,5-7H2. The molecule has 2 rings (SSSR count). The van der Waals surface area contributed by atoms with Crippen LogP contribution < -0.4 is 4.74 Å². The summed E-state index contributed by atoms with van der Waals surface area (Å²) in [6.45, 7) is 0.474. The summed E-state index contributed by atoms with van der Waals surface area (Å²) in [5.74, 6) is 0.563. The molecule has 2 atom stereocenters. The number of rotatable bonds is 3. The molecule has 1 heterocycles. The topological polar surface area (TPSA) is 29.5 Å². The van der Waals surface area contributed by atoms with Crippen LogP contribution in [0.4, 0.5) is 8.78 Å². The third kappa shape index (κ3) is 2.87. The van der Waals surface area contributed by atoms with E-state index in [0.717, 1.165) is 5.56 Å². The maximum absolute atomic E-state index is 12.7. The van der Waals surface area contributed by atoms with Crippen LogP contribution >= 0.6 is 11.6 Å². The number of hydrogen-bond acceptors (Lipinski definition) is 2. The van der Waals surface area contributed by atoms with E-state index >= 15 is 0 Å². The van der Waals surface area contributed by atoms with Gasteiger partial charge in [-0.05, 0) is 42.0 Å². The molecule has 0 bridgehead atoms. The molecule has 1 aromatic carbocycles. The molecule has 1 aliphatic rings. The van der Waals surface area contributed by atoms with Gasteiger partial charge in [0.25, 0.3) is 0 Å². The largest absolute Gasteiger partial charge is 0.493 e. The predicted molar refractivity (Wildman–Crippen MR) is 60.7 cm³/mol. The van der Waals surface area contributed by atoms with E-state index in [1.165, 1.54) is 0 Å². The van der Waals surface area contributed by atoms with Crippen LogP contribution in [0.1, 0.15) is 24.3 Å². The minimum absolute atomic E-state index is 0.0587. The highest BCUT2D eigenvalue weighted by atomic mass is 35.5. The Balaban J connectivity index is 2.14. The number of aliphatic hydroxyl groups excluding tert-OH is 1.